The third kappa shape index (κ3) is 6.57. The van der Waals surface area contributed by atoms with Crippen LogP contribution < -0.4 is 4.74 Å². The highest BCUT2D eigenvalue weighted by molar-refractivity contribution is 6.31. The number of piperidine rings is 1. The molecular formula is C23H33ClN2O5. The monoisotopic (exact) mass is 452 g/mol. The van der Waals surface area contributed by atoms with E-state index in [0.717, 1.165) is 37.9 Å². The highest BCUT2D eigenvalue weighted by Crippen LogP contribution is 2.28. The van der Waals surface area contributed by atoms with Crippen molar-refractivity contribution in [3.8, 4) is 5.75 Å². The van der Waals surface area contributed by atoms with Gasteiger partial charge in [-0.15, -0.1) is 0 Å². The van der Waals surface area contributed by atoms with E-state index in [1.165, 1.54) is 0 Å². The summed E-state index contributed by atoms with van der Waals surface area (Å²) in [6.07, 6.45) is 3.72. The first-order valence-corrected chi connectivity index (χ1v) is 11.4. The van der Waals surface area contributed by atoms with Gasteiger partial charge >= 0.3 is 0 Å². The topological polar surface area (TPSA) is 68.3 Å². The zero-order valence-corrected chi connectivity index (χ0v) is 19.3. The molecule has 31 heavy (non-hydrogen) atoms. The maximum absolute atomic E-state index is 13.1. The zero-order valence-electron chi connectivity index (χ0n) is 18.5. The highest BCUT2D eigenvalue weighted by Gasteiger charge is 2.42. The smallest absolute Gasteiger partial charge is 0.225 e. The van der Waals surface area contributed by atoms with Crippen LogP contribution in [0.2, 0.25) is 5.02 Å². The number of hydrogen-bond donors (Lipinski definition) is 0. The summed E-state index contributed by atoms with van der Waals surface area (Å²) in [5.74, 6) is 0.724. The molecule has 0 aromatic heterocycles. The molecule has 0 spiro atoms. The number of halogens is 1. The Bertz CT molecular complexity index is 768. The molecule has 0 unspecified atom stereocenters. The molecule has 2 aliphatic heterocycles. The van der Waals surface area contributed by atoms with Gasteiger partial charge in [0.05, 0.1) is 32.6 Å². The number of hydrogen-bond acceptors (Lipinski definition) is 5. The van der Waals surface area contributed by atoms with Gasteiger partial charge in [-0.25, -0.2) is 0 Å². The fourth-order valence-corrected chi connectivity index (χ4v) is 4.22. The third-order valence-corrected chi connectivity index (χ3v) is 6.36. The summed E-state index contributed by atoms with van der Waals surface area (Å²) in [6, 6.07) is 5.47. The molecule has 2 aliphatic rings. The number of amides is 2. The molecule has 2 amide bonds. The molecule has 8 heteroatoms. The van der Waals surface area contributed by atoms with Crippen LogP contribution in [-0.4, -0.2) is 80.3 Å². The van der Waals surface area contributed by atoms with Gasteiger partial charge in [0, 0.05) is 31.8 Å². The lowest BCUT2D eigenvalue weighted by molar-refractivity contribution is -0.166. The van der Waals surface area contributed by atoms with Gasteiger partial charge in [0.1, 0.15) is 18.0 Å². The van der Waals surface area contributed by atoms with Crippen molar-refractivity contribution in [2.75, 3.05) is 53.1 Å². The van der Waals surface area contributed by atoms with Crippen LogP contribution in [0.15, 0.2) is 18.2 Å². The number of ether oxygens (including phenoxy) is 3. The van der Waals surface area contributed by atoms with E-state index < -0.39 is 5.60 Å². The molecule has 1 atom stereocenters. The molecule has 2 fully saturated rings. The van der Waals surface area contributed by atoms with Crippen molar-refractivity contribution in [3.05, 3.63) is 28.8 Å². The lowest BCUT2D eigenvalue weighted by Gasteiger charge is -2.43. The molecule has 3 rings (SSSR count). The molecule has 7 nitrogen and oxygen atoms in total. The van der Waals surface area contributed by atoms with Crippen molar-refractivity contribution in [1.82, 2.24) is 9.80 Å². The summed E-state index contributed by atoms with van der Waals surface area (Å²) in [4.78, 5) is 29.4. The maximum atomic E-state index is 13.1. The molecule has 0 bridgehead atoms. The summed E-state index contributed by atoms with van der Waals surface area (Å²) in [6.45, 7) is 5.22. The van der Waals surface area contributed by atoms with Crippen LogP contribution in [0, 0.1) is 6.92 Å². The highest BCUT2D eigenvalue weighted by atomic mass is 35.5. The molecule has 0 N–H and O–H groups in total. The van der Waals surface area contributed by atoms with Gasteiger partial charge in [-0.05, 0) is 49.9 Å². The van der Waals surface area contributed by atoms with Crippen molar-refractivity contribution in [2.24, 2.45) is 0 Å². The summed E-state index contributed by atoms with van der Waals surface area (Å²) in [5.41, 5.74) is 0.0295. The number of carbonyl (C=O) groups excluding carboxylic acids is 2. The number of morpholine rings is 1. The lowest BCUT2D eigenvalue weighted by Crippen LogP contribution is -2.58. The SMILES string of the molecule is COCCC(=O)N1CCO[C@@](COc2ccc(Cl)c(C)c2)(CC(=O)N2CCCCC2)C1. The van der Waals surface area contributed by atoms with Crippen LogP contribution >= 0.6 is 11.6 Å². The van der Waals surface area contributed by atoms with E-state index in [4.69, 9.17) is 25.8 Å². The first kappa shape index (κ1) is 23.8. The standard InChI is InChI=1S/C23H33ClN2O5/c1-18-14-19(6-7-20(18)24)30-17-23(15-22(28)25-9-4-3-5-10-25)16-26(11-13-31-23)21(27)8-12-29-2/h6-7,14H,3-5,8-13,15-17H2,1-2H3/t23-/m0/s1. The van der Waals surface area contributed by atoms with E-state index in [0.29, 0.717) is 43.5 Å². The van der Waals surface area contributed by atoms with E-state index in [1.807, 2.05) is 17.9 Å². The summed E-state index contributed by atoms with van der Waals surface area (Å²) in [5, 5.41) is 0.672. The van der Waals surface area contributed by atoms with Crippen LogP contribution in [0.5, 0.6) is 5.75 Å². The summed E-state index contributed by atoms with van der Waals surface area (Å²) >= 11 is 6.12. The Balaban J connectivity index is 1.74. The third-order valence-electron chi connectivity index (χ3n) is 5.93. The van der Waals surface area contributed by atoms with Crippen molar-refractivity contribution < 1.29 is 23.8 Å². The fourth-order valence-electron chi connectivity index (χ4n) is 4.10. The number of nitrogens with zero attached hydrogens (tertiary/aromatic N) is 2. The average molecular weight is 453 g/mol. The van der Waals surface area contributed by atoms with Crippen LogP contribution in [0.3, 0.4) is 0 Å². The minimum atomic E-state index is -0.886. The van der Waals surface area contributed by atoms with Gasteiger partial charge < -0.3 is 24.0 Å². The molecule has 1 aromatic rings. The Morgan fingerprint density at radius 2 is 1.90 bits per heavy atom. The normalized spacial score (nSPS) is 21.8. The predicted molar refractivity (Wildman–Crippen MR) is 118 cm³/mol. The van der Waals surface area contributed by atoms with Crippen LogP contribution in [-0.2, 0) is 19.1 Å². The number of aryl methyl sites for hydroxylation is 1. The lowest BCUT2D eigenvalue weighted by atomic mass is 9.96. The molecule has 1 aromatic carbocycles. The molecular weight excluding hydrogens is 420 g/mol. The van der Waals surface area contributed by atoms with Gasteiger partial charge in [0.2, 0.25) is 11.8 Å². The number of methoxy groups -OCH3 is 1. The van der Waals surface area contributed by atoms with Crippen molar-refractivity contribution in [2.45, 2.75) is 44.6 Å². The fraction of sp³-hybridized carbons (Fsp3) is 0.652. The Labute approximate surface area is 189 Å². The van der Waals surface area contributed by atoms with Crippen molar-refractivity contribution >= 4 is 23.4 Å². The van der Waals surface area contributed by atoms with Gasteiger partial charge in [0.25, 0.3) is 0 Å². The van der Waals surface area contributed by atoms with Gasteiger partial charge in [0.15, 0.2) is 0 Å². The van der Waals surface area contributed by atoms with Crippen molar-refractivity contribution in [1.29, 1.82) is 0 Å². The molecule has 172 valence electrons. The Morgan fingerprint density at radius 3 is 2.61 bits per heavy atom. The molecule has 2 heterocycles. The molecule has 0 aliphatic carbocycles. The van der Waals surface area contributed by atoms with Crippen molar-refractivity contribution in [3.63, 3.8) is 0 Å². The number of carbonyl (C=O) groups is 2. The first-order valence-electron chi connectivity index (χ1n) is 11.0. The summed E-state index contributed by atoms with van der Waals surface area (Å²) < 4.78 is 17.3. The Morgan fingerprint density at radius 1 is 1.13 bits per heavy atom. The quantitative estimate of drug-likeness (QED) is 0.606. The molecule has 0 radical (unpaired) electrons. The Kier molecular flexibility index (Phi) is 8.58. The minimum absolute atomic E-state index is 0.00211. The minimum Gasteiger partial charge on any atom is -0.490 e. The largest absolute Gasteiger partial charge is 0.490 e. The van der Waals surface area contributed by atoms with Crippen LogP contribution in [0.4, 0.5) is 0 Å². The van der Waals surface area contributed by atoms with Crippen LogP contribution in [0.25, 0.3) is 0 Å². The second-order valence-corrected chi connectivity index (χ2v) is 8.81. The van der Waals surface area contributed by atoms with E-state index in [2.05, 4.69) is 0 Å². The van der Waals surface area contributed by atoms with Gasteiger partial charge in [-0.1, -0.05) is 11.6 Å². The number of rotatable bonds is 8. The zero-order chi connectivity index (χ0) is 22.3. The predicted octanol–water partition coefficient (Wildman–Crippen LogP) is 3.06. The van der Waals surface area contributed by atoms with Crippen LogP contribution in [0.1, 0.15) is 37.7 Å². The van der Waals surface area contributed by atoms with E-state index in [1.54, 1.807) is 24.1 Å². The first-order chi connectivity index (χ1) is 14.9. The van der Waals surface area contributed by atoms with Gasteiger partial charge in [-0.2, -0.15) is 0 Å². The van der Waals surface area contributed by atoms with E-state index >= 15 is 0 Å². The van der Waals surface area contributed by atoms with E-state index in [-0.39, 0.29) is 24.8 Å². The molecule has 0 saturated carbocycles. The number of likely N-dealkylation sites (tertiary alicyclic amines) is 1. The van der Waals surface area contributed by atoms with Gasteiger partial charge in [-0.3, -0.25) is 9.59 Å². The Hall–Kier alpha value is -1.83. The average Bonchev–Trinajstić information content (AvgIpc) is 2.79. The molecule has 2 saturated heterocycles. The summed E-state index contributed by atoms with van der Waals surface area (Å²) in [7, 11) is 1.58. The second-order valence-electron chi connectivity index (χ2n) is 8.41. The maximum Gasteiger partial charge on any atom is 0.225 e. The second kappa shape index (κ2) is 11.2. The number of benzene rings is 1. The van der Waals surface area contributed by atoms with E-state index in [9.17, 15) is 9.59 Å².